The van der Waals surface area contributed by atoms with Crippen molar-refractivity contribution in [1.82, 2.24) is 20.0 Å². The van der Waals surface area contributed by atoms with Crippen molar-refractivity contribution in [1.29, 1.82) is 0 Å². The Balaban J connectivity index is 1.77. The number of hydrogen-bond acceptors (Lipinski definition) is 3. The van der Waals surface area contributed by atoms with E-state index < -0.39 is 0 Å². The molecule has 1 fully saturated rings. The fourth-order valence-corrected chi connectivity index (χ4v) is 3.75. The third-order valence-corrected chi connectivity index (χ3v) is 5.47. The van der Waals surface area contributed by atoms with Crippen LogP contribution in [0, 0.1) is 5.92 Å². The van der Waals surface area contributed by atoms with Crippen LogP contribution in [0.3, 0.4) is 0 Å². The molecule has 0 amide bonds. The van der Waals surface area contributed by atoms with Crippen LogP contribution >= 0.6 is 15.9 Å². The predicted octanol–water partition coefficient (Wildman–Crippen LogP) is 3.05. The minimum Gasteiger partial charge on any atom is -0.311 e. The fourth-order valence-electron chi connectivity index (χ4n) is 3.05. The molecule has 21 heavy (non-hydrogen) atoms. The number of nitrogens with zero attached hydrogens (tertiary/aromatic N) is 3. The van der Waals surface area contributed by atoms with Gasteiger partial charge in [-0.15, -0.1) is 0 Å². The van der Waals surface area contributed by atoms with Gasteiger partial charge in [0.05, 0.1) is 15.9 Å². The molecule has 0 atom stereocenters. The molecular formula is C16H29BrN4. The number of aromatic nitrogens is 2. The summed E-state index contributed by atoms with van der Waals surface area (Å²) in [6.07, 6.45) is 4.99. The summed E-state index contributed by atoms with van der Waals surface area (Å²) in [4.78, 5) is 2.44. The molecular weight excluding hydrogens is 328 g/mol. The molecule has 4 nitrogen and oxygen atoms in total. The van der Waals surface area contributed by atoms with E-state index in [1.165, 1.54) is 48.2 Å². The first-order chi connectivity index (χ1) is 10.2. The third kappa shape index (κ3) is 4.54. The van der Waals surface area contributed by atoms with Crippen LogP contribution in [0.2, 0.25) is 0 Å². The van der Waals surface area contributed by atoms with Gasteiger partial charge in [0.1, 0.15) is 0 Å². The van der Waals surface area contributed by atoms with Crippen LogP contribution in [0.5, 0.6) is 0 Å². The Bertz CT molecular complexity index is 436. The second-order valence-electron chi connectivity index (χ2n) is 6.09. The maximum atomic E-state index is 4.65. The number of nitrogens with one attached hydrogen (secondary N) is 1. The van der Waals surface area contributed by atoms with E-state index in [2.05, 4.69) is 56.8 Å². The third-order valence-electron chi connectivity index (χ3n) is 4.55. The van der Waals surface area contributed by atoms with Crippen molar-refractivity contribution in [3.05, 3.63) is 15.9 Å². The summed E-state index contributed by atoms with van der Waals surface area (Å²) in [7, 11) is 2.23. The van der Waals surface area contributed by atoms with E-state index in [0.29, 0.717) is 0 Å². The molecule has 0 aliphatic carbocycles. The minimum atomic E-state index is 0.902. The Labute approximate surface area is 137 Å². The summed E-state index contributed by atoms with van der Waals surface area (Å²) in [5, 5.41) is 8.26. The highest BCUT2D eigenvalue weighted by atomic mass is 79.9. The SMILES string of the molecule is CCc1nn(CC)c(CNCCC2CCN(C)CC2)c1Br. The summed E-state index contributed by atoms with van der Waals surface area (Å²) in [5.74, 6) is 0.902. The van der Waals surface area contributed by atoms with Gasteiger partial charge in [-0.05, 0) is 81.1 Å². The highest BCUT2D eigenvalue weighted by Crippen LogP contribution is 2.22. The first-order valence-corrected chi connectivity index (χ1v) is 9.08. The Morgan fingerprint density at radius 3 is 2.62 bits per heavy atom. The molecule has 0 spiro atoms. The summed E-state index contributed by atoms with van der Waals surface area (Å²) in [5.41, 5.74) is 2.46. The highest BCUT2D eigenvalue weighted by molar-refractivity contribution is 9.10. The molecule has 0 radical (unpaired) electrons. The largest absolute Gasteiger partial charge is 0.311 e. The zero-order valence-electron chi connectivity index (χ0n) is 13.7. The van der Waals surface area contributed by atoms with E-state index >= 15 is 0 Å². The van der Waals surface area contributed by atoms with Crippen LogP contribution in [-0.4, -0.2) is 41.4 Å². The molecule has 0 aromatic carbocycles. The number of rotatable bonds is 7. The Morgan fingerprint density at radius 2 is 2.00 bits per heavy atom. The van der Waals surface area contributed by atoms with Crippen LogP contribution in [0.1, 0.15) is 44.5 Å². The number of piperidine rings is 1. The van der Waals surface area contributed by atoms with Gasteiger partial charge in [-0.3, -0.25) is 4.68 Å². The number of halogens is 1. The van der Waals surface area contributed by atoms with Gasteiger partial charge in [-0.2, -0.15) is 5.10 Å². The van der Waals surface area contributed by atoms with Crippen molar-refractivity contribution in [2.75, 3.05) is 26.7 Å². The summed E-state index contributed by atoms with van der Waals surface area (Å²) < 4.78 is 3.31. The van der Waals surface area contributed by atoms with Crippen LogP contribution in [-0.2, 0) is 19.5 Å². The van der Waals surface area contributed by atoms with Crippen molar-refractivity contribution >= 4 is 15.9 Å². The topological polar surface area (TPSA) is 33.1 Å². The molecule has 2 rings (SSSR count). The van der Waals surface area contributed by atoms with E-state index in [9.17, 15) is 0 Å². The quantitative estimate of drug-likeness (QED) is 0.762. The Morgan fingerprint density at radius 1 is 1.29 bits per heavy atom. The average Bonchev–Trinajstić information content (AvgIpc) is 2.81. The molecule has 1 N–H and O–H groups in total. The normalized spacial score (nSPS) is 17.5. The molecule has 0 saturated carbocycles. The minimum absolute atomic E-state index is 0.902. The van der Waals surface area contributed by atoms with Crippen molar-refractivity contribution in [2.45, 2.75) is 52.6 Å². The van der Waals surface area contributed by atoms with Gasteiger partial charge in [0.2, 0.25) is 0 Å². The molecule has 5 heteroatoms. The zero-order chi connectivity index (χ0) is 15.2. The van der Waals surface area contributed by atoms with Gasteiger partial charge >= 0.3 is 0 Å². The van der Waals surface area contributed by atoms with Crippen molar-refractivity contribution in [3.63, 3.8) is 0 Å². The average molecular weight is 357 g/mol. The maximum Gasteiger partial charge on any atom is 0.0767 e. The van der Waals surface area contributed by atoms with Gasteiger partial charge in [-0.1, -0.05) is 6.92 Å². The molecule has 0 bridgehead atoms. The molecule has 2 heterocycles. The molecule has 1 aromatic heterocycles. The van der Waals surface area contributed by atoms with Gasteiger partial charge in [0, 0.05) is 13.1 Å². The van der Waals surface area contributed by atoms with E-state index in [1.807, 2.05) is 0 Å². The van der Waals surface area contributed by atoms with Crippen molar-refractivity contribution in [2.24, 2.45) is 5.92 Å². The zero-order valence-corrected chi connectivity index (χ0v) is 15.2. The fraction of sp³-hybridized carbons (Fsp3) is 0.812. The lowest BCUT2D eigenvalue weighted by Crippen LogP contribution is -2.31. The van der Waals surface area contributed by atoms with E-state index in [0.717, 1.165) is 32.0 Å². The van der Waals surface area contributed by atoms with Gasteiger partial charge < -0.3 is 10.2 Å². The Hall–Kier alpha value is -0.390. The van der Waals surface area contributed by atoms with Gasteiger partial charge in [0.15, 0.2) is 0 Å². The molecule has 1 aliphatic rings. The second-order valence-corrected chi connectivity index (χ2v) is 6.88. The number of likely N-dealkylation sites (tertiary alicyclic amines) is 1. The van der Waals surface area contributed by atoms with Gasteiger partial charge in [0.25, 0.3) is 0 Å². The van der Waals surface area contributed by atoms with Crippen molar-refractivity contribution < 1.29 is 0 Å². The van der Waals surface area contributed by atoms with Crippen LogP contribution in [0.15, 0.2) is 4.47 Å². The smallest absolute Gasteiger partial charge is 0.0767 e. The Kier molecular flexibility index (Phi) is 6.71. The molecule has 120 valence electrons. The lowest BCUT2D eigenvalue weighted by atomic mass is 9.94. The molecule has 1 saturated heterocycles. The summed E-state index contributed by atoms with van der Waals surface area (Å²) >= 11 is 3.71. The van der Waals surface area contributed by atoms with Gasteiger partial charge in [-0.25, -0.2) is 0 Å². The predicted molar refractivity (Wildman–Crippen MR) is 91.5 cm³/mol. The monoisotopic (exact) mass is 356 g/mol. The first kappa shape index (κ1) is 17.0. The van der Waals surface area contributed by atoms with Crippen LogP contribution in [0.25, 0.3) is 0 Å². The number of aryl methyl sites for hydroxylation is 2. The van der Waals surface area contributed by atoms with E-state index in [1.54, 1.807) is 0 Å². The lowest BCUT2D eigenvalue weighted by molar-refractivity contribution is 0.211. The van der Waals surface area contributed by atoms with Crippen LogP contribution < -0.4 is 5.32 Å². The van der Waals surface area contributed by atoms with E-state index in [4.69, 9.17) is 0 Å². The maximum absolute atomic E-state index is 4.65. The van der Waals surface area contributed by atoms with Crippen LogP contribution in [0.4, 0.5) is 0 Å². The molecule has 0 unspecified atom stereocenters. The van der Waals surface area contributed by atoms with E-state index in [-0.39, 0.29) is 0 Å². The summed E-state index contributed by atoms with van der Waals surface area (Å²) in [6, 6.07) is 0. The molecule has 1 aliphatic heterocycles. The standard InChI is InChI=1S/C16H29BrN4/c1-4-14-16(17)15(21(5-2)19-14)12-18-9-6-13-7-10-20(3)11-8-13/h13,18H,4-12H2,1-3H3. The molecule has 1 aromatic rings. The number of hydrogen-bond donors (Lipinski definition) is 1. The summed E-state index contributed by atoms with van der Waals surface area (Å²) in [6.45, 7) is 9.79. The highest BCUT2D eigenvalue weighted by Gasteiger charge is 2.17. The van der Waals surface area contributed by atoms with Crippen molar-refractivity contribution in [3.8, 4) is 0 Å². The first-order valence-electron chi connectivity index (χ1n) is 8.29. The second kappa shape index (κ2) is 8.30. The lowest BCUT2D eigenvalue weighted by Gasteiger charge is -2.28.